The van der Waals surface area contributed by atoms with Crippen LogP contribution in [0, 0.1) is 5.92 Å². The number of rotatable bonds is 4. The number of ether oxygens (including phenoxy) is 1. The molecule has 0 saturated carbocycles. The standard InChI is InChI=1S/C33H28ClF3N6O3/c1-19-5-3-8-29(27-14-21(11-12-38-27)31-28(41-32(19)45)17-40-42(31)2)43-18-39-26(16-30(43)44)25-15-22(34)9-10-24(25)20-6-4-7-23(13-20)46-33(35,36)37/h4,6-7,9-19,29H,3,5,8H2,1-2H3,(H,41,45)/t19-,29+/m1/s1. The van der Waals surface area contributed by atoms with E-state index in [1.165, 1.54) is 35.2 Å². The second-order valence-corrected chi connectivity index (χ2v) is 11.6. The van der Waals surface area contributed by atoms with E-state index in [4.69, 9.17) is 11.6 Å². The Morgan fingerprint density at radius 3 is 2.59 bits per heavy atom. The minimum atomic E-state index is -4.85. The summed E-state index contributed by atoms with van der Waals surface area (Å²) in [5.41, 5.74) is 4.05. The van der Waals surface area contributed by atoms with Crippen molar-refractivity contribution in [2.75, 3.05) is 5.32 Å². The van der Waals surface area contributed by atoms with Crippen molar-refractivity contribution in [1.82, 2.24) is 24.3 Å². The molecule has 3 aromatic heterocycles. The number of amides is 1. The third-order valence-corrected chi connectivity index (χ3v) is 8.20. The Hall–Kier alpha value is -4.97. The first-order valence-corrected chi connectivity index (χ1v) is 14.9. The summed E-state index contributed by atoms with van der Waals surface area (Å²) in [5, 5.41) is 7.69. The third-order valence-electron chi connectivity index (χ3n) is 7.96. The van der Waals surface area contributed by atoms with E-state index < -0.39 is 12.4 Å². The monoisotopic (exact) mass is 648 g/mol. The lowest BCUT2D eigenvalue weighted by Gasteiger charge is -2.22. The zero-order chi connectivity index (χ0) is 32.6. The van der Waals surface area contributed by atoms with Crippen molar-refractivity contribution in [2.45, 2.75) is 38.6 Å². The normalized spacial score (nSPS) is 17.0. The van der Waals surface area contributed by atoms with Crippen LogP contribution in [0.3, 0.4) is 0 Å². The number of halogens is 4. The van der Waals surface area contributed by atoms with Gasteiger partial charge in [0.05, 0.1) is 41.3 Å². The number of hydrogen-bond acceptors (Lipinski definition) is 6. The van der Waals surface area contributed by atoms with E-state index in [1.807, 2.05) is 19.1 Å². The average Bonchev–Trinajstić information content (AvgIpc) is 3.37. The van der Waals surface area contributed by atoms with E-state index in [9.17, 15) is 22.8 Å². The topological polar surface area (TPSA) is 104 Å². The van der Waals surface area contributed by atoms with Crippen LogP contribution in [0.25, 0.3) is 33.6 Å². The van der Waals surface area contributed by atoms with Crippen LogP contribution in [0.5, 0.6) is 5.75 Å². The maximum absolute atomic E-state index is 13.8. The highest BCUT2D eigenvalue weighted by Crippen LogP contribution is 2.36. The molecule has 1 N–H and O–H groups in total. The van der Waals surface area contributed by atoms with E-state index >= 15 is 0 Å². The molecule has 0 aliphatic carbocycles. The average molecular weight is 649 g/mol. The molecular formula is C33H28ClF3N6O3. The van der Waals surface area contributed by atoms with Crippen molar-refractivity contribution in [1.29, 1.82) is 0 Å². The number of hydrogen-bond donors (Lipinski definition) is 1. The molecule has 0 saturated heterocycles. The first-order valence-electron chi connectivity index (χ1n) is 14.5. The Morgan fingerprint density at radius 2 is 1.80 bits per heavy atom. The third kappa shape index (κ3) is 6.52. The maximum Gasteiger partial charge on any atom is 0.573 e. The number of fused-ring (bicyclic) bond motifs is 4. The van der Waals surface area contributed by atoms with E-state index in [0.717, 1.165) is 5.56 Å². The number of benzene rings is 2. The highest BCUT2D eigenvalue weighted by Gasteiger charge is 2.31. The zero-order valence-electron chi connectivity index (χ0n) is 24.8. The molecule has 236 valence electrons. The lowest BCUT2D eigenvalue weighted by molar-refractivity contribution is -0.274. The maximum atomic E-state index is 13.8. The van der Waals surface area contributed by atoms with Gasteiger partial charge < -0.3 is 10.1 Å². The van der Waals surface area contributed by atoms with Gasteiger partial charge in [0, 0.05) is 41.4 Å². The van der Waals surface area contributed by atoms with Gasteiger partial charge >= 0.3 is 6.36 Å². The van der Waals surface area contributed by atoms with Gasteiger partial charge in [0.15, 0.2) is 0 Å². The van der Waals surface area contributed by atoms with Crippen molar-refractivity contribution in [3.8, 4) is 39.4 Å². The second kappa shape index (κ2) is 12.4. The predicted octanol–water partition coefficient (Wildman–Crippen LogP) is 7.27. The molecule has 46 heavy (non-hydrogen) atoms. The molecule has 0 fully saturated rings. The SMILES string of the molecule is C[C@@H]1CCC[C@H](n2cnc(-c3cc(Cl)ccc3-c3cccc(OC(F)(F)F)c3)cc2=O)c2cc(ccn2)-c2c(cnn2C)NC1=O. The van der Waals surface area contributed by atoms with Crippen LogP contribution in [0.4, 0.5) is 18.9 Å². The molecule has 1 aliphatic rings. The van der Waals surface area contributed by atoms with Gasteiger partial charge in [0.1, 0.15) is 5.75 Å². The molecule has 2 atom stereocenters. The molecule has 13 heteroatoms. The smallest absolute Gasteiger partial charge is 0.406 e. The van der Waals surface area contributed by atoms with Gasteiger partial charge in [-0.2, -0.15) is 5.10 Å². The van der Waals surface area contributed by atoms with Gasteiger partial charge in [0.25, 0.3) is 5.56 Å². The summed E-state index contributed by atoms with van der Waals surface area (Å²) in [6.07, 6.45) is 1.60. The number of carbonyl (C=O) groups is 1. The van der Waals surface area contributed by atoms with Crippen LogP contribution in [0.1, 0.15) is 37.9 Å². The number of nitrogens with zero attached hydrogens (tertiary/aromatic N) is 5. The second-order valence-electron chi connectivity index (χ2n) is 11.1. The molecule has 1 amide bonds. The van der Waals surface area contributed by atoms with E-state index in [1.54, 1.807) is 48.4 Å². The highest BCUT2D eigenvalue weighted by molar-refractivity contribution is 6.31. The molecule has 2 aromatic carbocycles. The number of aryl methyl sites for hydroxylation is 1. The number of anilines is 1. The largest absolute Gasteiger partial charge is 0.573 e. The van der Waals surface area contributed by atoms with E-state index in [0.29, 0.717) is 63.7 Å². The summed E-state index contributed by atoms with van der Waals surface area (Å²) in [4.78, 5) is 36.0. The van der Waals surface area contributed by atoms with Gasteiger partial charge in [-0.25, -0.2) is 4.98 Å². The summed E-state index contributed by atoms with van der Waals surface area (Å²) < 4.78 is 46.0. The Bertz CT molecular complexity index is 1990. The molecule has 0 radical (unpaired) electrons. The van der Waals surface area contributed by atoms with Gasteiger partial charge in [0.2, 0.25) is 5.91 Å². The van der Waals surface area contributed by atoms with Gasteiger partial charge in [-0.1, -0.05) is 43.1 Å². The summed E-state index contributed by atoms with van der Waals surface area (Å²) in [7, 11) is 1.79. The quantitative estimate of drug-likeness (QED) is 0.220. The van der Waals surface area contributed by atoms with Gasteiger partial charge in [-0.05, 0) is 60.4 Å². The summed E-state index contributed by atoms with van der Waals surface area (Å²) in [5.74, 6) is -0.772. The summed E-state index contributed by atoms with van der Waals surface area (Å²) >= 11 is 6.32. The Labute approximate surface area is 266 Å². The van der Waals surface area contributed by atoms with Crippen LogP contribution < -0.4 is 15.6 Å². The Morgan fingerprint density at radius 1 is 0.978 bits per heavy atom. The lowest BCUT2D eigenvalue weighted by atomic mass is 9.96. The molecule has 1 aliphatic heterocycles. The number of nitrogens with one attached hydrogen (secondary N) is 1. The fourth-order valence-electron chi connectivity index (χ4n) is 5.72. The molecule has 0 spiro atoms. The number of pyridine rings is 1. The first-order chi connectivity index (χ1) is 22.0. The molecule has 2 bridgehead atoms. The van der Waals surface area contributed by atoms with Gasteiger partial charge in [-0.15, -0.1) is 13.2 Å². The molecular weight excluding hydrogens is 621 g/mol. The van der Waals surface area contributed by atoms with Crippen LogP contribution in [-0.4, -0.2) is 36.6 Å². The number of alkyl halides is 3. The van der Waals surface area contributed by atoms with Crippen molar-refractivity contribution >= 4 is 23.2 Å². The fraction of sp³-hybridized carbons (Fsp3) is 0.242. The van der Waals surface area contributed by atoms with Crippen LogP contribution in [0.15, 0.2) is 84.2 Å². The predicted molar refractivity (Wildman–Crippen MR) is 167 cm³/mol. The first kappa shape index (κ1) is 31.0. The Kier molecular flexibility index (Phi) is 8.39. The van der Waals surface area contributed by atoms with Crippen molar-refractivity contribution in [3.05, 3.63) is 100 Å². The van der Waals surface area contributed by atoms with Gasteiger partial charge in [-0.3, -0.25) is 23.8 Å². The molecule has 9 nitrogen and oxygen atoms in total. The molecule has 4 heterocycles. The minimum absolute atomic E-state index is 0.114. The van der Waals surface area contributed by atoms with E-state index in [2.05, 4.69) is 25.1 Å². The van der Waals surface area contributed by atoms with Crippen molar-refractivity contribution in [3.63, 3.8) is 0 Å². The van der Waals surface area contributed by atoms with Crippen LogP contribution in [0.2, 0.25) is 5.02 Å². The van der Waals surface area contributed by atoms with Crippen molar-refractivity contribution < 1.29 is 22.7 Å². The Balaban J connectivity index is 1.41. The summed E-state index contributed by atoms with van der Waals surface area (Å²) in [6.45, 7) is 1.86. The lowest BCUT2D eigenvalue weighted by Crippen LogP contribution is -2.27. The fourth-order valence-corrected chi connectivity index (χ4v) is 5.89. The van der Waals surface area contributed by atoms with Crippen LogP contribution in [-0.2, 0) is 11.8 Å². The highest BCUT2D eigenvalue weighted by atomic mass is 35.5. The minimum Gasteiger partial charge on any atom is -0.406 e. The van der Waals surface area contributed by atoms with E-state index in [-0.39, 0.29) is 23.1 Å². The van der Waals surface area contributed by atoms with Crippen molar-refractivity contribution in [2.24, 2.45) is 13.0 Å². The summed E-state index contributed by atoms with van der Waals surface area (Å²) in [6, 6.07) is 15.0. The number of aromatic nitrogens is 5. The molecule has 5 aromatic rings. The molecule has 6 rings (SSSR count). The van der Waals surface area contributed by atoms with Crippen LogP contribution >= 0.6 is 11.6 Å². The zero-order valence-corrected chi connectivity index (χ0v) is 25.5. The number of carbonyl (C=O) groups excluding carboxylic acids is 1. The molecule has 0 unspecified atom stereocenters.